The first-order valence-electron chi connectivity index (χ1n) is 6.76. The van der Waals surface area contributed by atoms with Crippen molar-refractivity contribution in [1.29, 1.82) is 0 Å². The third-order valence-corrected chi connectivity index (χ3v) is 5.09. The van der Waals surface area contributed by atoms with Crippen LogP contribution in [0.2, 0.25) is 0 Å². The predicted octanol–water partition coefficient (Wildman–Crippen LogP) is 3.87. The largest absolute Gasteiger partial charge is 0.375 e. The van der Waals surface area contributed by atoms with Crippen molar-refractivity contribution >= 4 is 27.3 Å². The van der Waals surface area contributed by atoms with Crippen LogP contribution in [0.3, 0.4) is 0 Å². The highest BCUT2D eigenvalue weighted by atomic mass is 79.9. The van der Waals surface area contributed by atoms with Crippen molar-refractivity contribution in [3.8, 4) is 0 Å². The minimum Gasteiger partial charge on any atom is -0.375 e. The van der Waals surface area contributed by atoms with E-state index in [2.05, 4.69) is 41.2 Å². The lowest BCUT2D eigenvalue weighted by molar-refractivity contribution is -0.125. The zero-order chi connectivity index (χ0) is 14.0. The van der Waals surface area contributed by atoms with E-state index in [-0.39, 0.29) is 30.5 Å². The van der Waals surface area contributed by atoms with Gasteiger partial charge in [0.05, 0.1) is 18.3 Å². The molecule has 2 rings (SSSR count). The van der Waals surface area contributed by atoms with Gasteiger partial charge in [0.2, 0.25) is 0 Å². The standard InChI is InChI=1S/C14H22BrNO2S/c1-8-4-12(5-9(2)17-8)18-14(10(3)16)13-6-11(15)7-19-13/h6-10,12,14H,4-5,16H2,1-3H3. The predicted molar refractivity (Wildman–Crippen MR) is 82.5 cm³/mol. The zero-order valence-corrected chi connectivity index (χ0v) is 14.0. The van der Waals surface area contributed by atoms with Crippen molar-refractivity contribution < 1.29 is 9.47 Å². The van der Waals surface area contributed by atoms with E-state index in [9.17, 15) is 0 Å². The lowest BCUT2D eigenvalue weighted by atomic mass is 10.0. The van der Waals surface area contributed by atoms with Gasteiger partial charge >= 0.3 is 0 Å². The quantitative estimate of drug-likeness (QED) is 0.898. The minimum atomic E-state index is -0.0289. The van der Waals surface area contributed by atoms with Crippen molar-refractivity contribution in [1.82, 2.24) is 0 Å². The molecule has 0 aromatic carbocycles. The van der Waals surface area contributed by atoms with Gasteiger partial charge in [0, 0.05) is 20.8 Å². The first kappa shape index (κ1) is 15.4. The van der Waals surface area contributed by atoms with Gasteiger partial charge in [0.25, 0.3) is 0 Å². The molecule has 0 spiro atoms. The molecule has 1 aromatic rings. The molecule has 108 valence electrons. The molecule has 1 aliphatic rings. The summed E-state index contributed by atoms with van der Waals surface area (Å²) in [5.74, 6) is 0. The molecule has 1 aliphatic heterocycles. The van der Waals surface area contributed by atoms with Crippen LogP contribution in [0.5, 0.6) is 0 Å². The van der Waals surface area contributed by atoms with Crippen LogP contribution in [0.4, 0.5) is 0 Å². The Bertz CT molecular complexity index is 400. The average molecular weight is 348 g/mol. The topological polar surface area (TPSA) is 44.5 Å². The fraction of sp³-hybridized carbons (Fsp3) is 0.714. The summed E-state index contributed by atoms with van der Waals surface area (Å²) in [7, 11) is 0. The Hall–Kier alpha value is 0.0600. The Balaban J connectivity index is 2.04. The lowest BCUT2D eigenvalue weighted by Gasteiger charge is -2.35. The van der Waals surface area contributed by atoms with E-state index < -0.39 is 0 Å². The molecule has 5 heteroatoms. The molecule has 1 saturated heterocycles. The molecule has 4 atom stereocenters. The third kappa shape index (κ3) is 4.26. The molecule has 2 N–H and O–H groups in total. The van der Waals surface area contributed by atoms with Crippen LogP contribution in [-0.2, 0) is 9.47 Å². The number of ether oxygens (including phenoxy) is 2. The van der Waals surface area contributed by atoms with E-state index in [1.807, 2.05) is 6.92 Å². The molecule has 0 aliphatic carbocycles. The second-order valence-electron chi connectivity index (χ2n) is 5.43. The number of rotatable bonds is 4. The Morgan fingerprint density at radius 3 is 2.53 bits per heavy atom. The van der Waals surface area contributed by atoms with Gasteiger partial charge in [0.15, 0.2) is 0 Å². The second-order valence-corrected chi connectivity index (χ2v) is 7.29. The van der Waals surface area contributed by atoms with Crippen LogP contribution < -0.4 is 5.73 Å². The molecule has 1 aromatic heterocycles. The fourth-order valence-corrected chi connectivity index (χ4v) is 4.18. The maximum absolute atomic E-state index is 6.28. The average Bonchev–Trinajstić information content (AvgIpc) is 2.70. The number of hydrogen-bond donors (Lipinski definition) is 1. The molecule has 4 unspecified atom stereocenters. The van der Waals surface area contributed by atoms with Crippen molar-refractivity contribution in [3.05, 3.63) is 20.8 Å². The normalized spacial score (nSPS) is 31.1. The smallest absolute Gasteiger partial charge is 0.107 e. The number of thiophene rings is 1. The van der Waals surface area contributed by atoms with Gasteiger partial charge in [-0.2, -0.15) is 0 Å². The van der Waals surface area contributed by atoms with E-state index in [0.717, 1.165) is 17.3 Å². The van der Waals surface area contributed by atoms with Crippen molar-refractivity contribution in [2.45, 2.75) is 64.1 Å². The number of hydrogen-bond acceptors (Lipinski definition) is 4. The molecule has 3 nitrogen and oxygen atoms in total. The van der Waals surface area contributed by atoms with E-state index in [0.29, 0.717) is 0 Å². The van der Waals surface area contributed by atoms with Gasteiger partial charge in [-0.15, -0.1) is 11.3 Å². The van der Waals surface area contributed by atoms with Crippen LogP contribution in [0, 0.1) is 0 Å². The van der Waals surface area contributed by atoms with E-state index in [4.69, 9.17) is 15.2 Å². The van der Waals surface area contributed by atoms with E-state index >= 15 is 0 Å². The zero-order valence-electron chi connectivity index (χ0n) is 11.6. The summed E-state index contributed by atoms with van der Waals surface area (Å²) in [6.07, 6.45) is 2.62. The maximum atomic E-state index is 6.28. The summed E-state index contributed by atoms with van der Waals surface area (Å²) in [6, 6.07) is 2.09. The summed E-state index contributed by atoms with van der Waals surface area (Å²) in [4.78, 5) is 1.19. The summed E-state index contributed by atoms with van der Waals surface area (Å²) >= 11 is 5.18. The molecule has 0 bridgehead atoms. The van der Waals surface area contributed by atoms with Crippen LogP contribution in [0.25, 0.3) is 0 Å². The first-order valence-corrected chi connectivity index (χ1v) is 8.43. The molecule has 2 heterocycles. The molecule has 0 saturated carbocycles. The van der Waals surface area contributed by atoms with E-state index in [1.54, 1.807) is 11.3 Å². The summed E-state index contributed by atoms with van der Waals surface area (Å²) in [5.41, 5.74) is 6.10. The van der Waals surface area contributed by atoms with Gasteiger partial charge < -0.3 is 15.2 Å². The fourth-order valence-electron chi connectivity index (χ4n) is 2.59. The molecule has 1 fully saturated rings. The first-order chi connectivity index (χ1) is 8.95. The van der Waals surface area contributed by atoms with Gasteiger partial charge in [0.1, 0.15) is 6.10 Å². The van der Waals surface area contributed by atoms with Crippen LogP contribution in [0.15, 0.2) is 15.9 Å². The monoisotopic (exact) mass is 347 g/mol. The lowest BCUT2D eigenvalue weighted by Crippen LogP contribution is -2.37. The maximum Gasteiger partial charge on any atom is 0.107 e. The van der Waals surface area contributed by atoms with Gasteiger partial charge in [-0.1, -0.05) is 0 Å². The van der Waals surface area contributed by atoms with Gasteiger partial charge in [-0.05, 0) is 55.6 Å². The number of nitrogens with two attached hydrogens (primary N) is 1. The number of halogens is 1. The molecular formula is C14H22BrNO2S. The molecule has 19 heavy (non-hydrogen) atoms. The Morgan fingerprint density at radius 2 is 2.05 bits per heavy atom. The van der Waals surface area contributed by atoms with Gasteiger partial charge in [-0.3, -0.25) is 0 Å². The highest BCUT2D eigenvalue weighted by molar-refractivity contribution is 9.10. The summed E-state index contributed by atoms with van der Waals surface area (Å²) < 4.78 is 13.1. The highest BCUT2D eigenvalue weighted by Gasteiger charge is 2.29. The molecule has 0 amide bonds. The highest BCUT2D eigenvalue weighted by Crippen LogP contribution is 2.33. The van der Waals surface area contributed by atoms with E-state index in [1.165, 1.54) is 4.88 Å². The molecular weight excluding hydrogens is 326 g/mol. The van der Waals surface area contributed by atoms with Crippen LogP contribution >= 0.6 is 27.3 Å². The van der Waals surface area contributed by atoms with Gasteiger partial charge in [-0.25, -0.2) is 0 Å². The minimum absolute atomic E-state index is 0.0148. The van der Waals surface area contributed by atoms with Crippen molar-refractivity contribution in [2.75, 3.05) is 0 Å². The van der Waals surface area contributed by atoms with Crippen LogP contribution in [0.1, 0.15) is 44.6 Å². The summed E-state index contributed by atoms with van der Waals surface area (Å²) in [5, 5.41) is 2.07. The Kier molecular flexibility index (Phi) is 5.43. The molecule has 0 radical (unpaired) electrons. The second kappa shape index (κ2) is 6.68. The van der Waals surface area contributed by atoms with Crippen molar-refractivity contribution in [2.24, 2.45) is 5.73 Å². The van der Waals surface area contributed by atoms with Crippen molar-refractivity contribution in [3.63, 3.8) is 0 Å². The SMILES string of the molecule is CC1CC(OC(c2cc(Br)cs2)C(C)N)CC(C)O1. The Labute approximate surface area is 127 Å². The van der Waals surface area contributed by atoms with Crippen LogP contribution in [-0.4, -0.2) is 24.4 Å². The third-order valence-electron chi connectivity index (χ3n) is 3.34. The summed E-state index contributed by atoms with van der Waals surface area (Å²) in [6.45, 7) is 6.22. The Morgan fingerprint density at radius 1 is 1.42 bits per heavy atom.